The summed E-state index contributed by atoms with van der Waals surface area (Å²) in [6.45, 7) is 5.26. The van der Waals surface area contributed by atoms with Crippen LogP contribution in [0.1, 0.15) is 11.1 Å². The molecule has 26 heavy (non-hydrogen) atoms. The van der Waals surface area contributed by atoms with Gasteiger partial charge in [0.15, 0.2) is 17.3 Å². The second-order valence-electron chi connectivity index (χ2n) is 6.02. The Balaban J connectivity index is 1.53. The highest BCUT2D eigenvalue weighted by Crippen LogP contribution is 2.33. The van der Waals surface area contributed by atoms with Crippen LogP contribution >= 0.6 is 0 Å². The van der Waals surface area contributed by atoms with Crippen LogP contribution in [0.15, 0.2) is 42.6 Å². The quantitative estimate of drug-likeness (QED) is 0.742. The minimum absolute atomic E-state index is 0.400. The summed E-state index contributed by atoms with van der Waals surface area (Å²) in [6.07, 6.45) is 1.59. The molecule has 0 atom stereocenters. The molecule has 0 fully saturated rings. The van der Waals surface area contributed by atoms with Crippen molar-refractivity contribution in [2.24, 2.45) is 0 Å². The number of rotatable bonds is 4. The van der Waals surface area contributed by atoms with Crippen molar-refractivity contribution in [2.75, 3.05) is 23.8 Å². The Morgan fingerprint density at radius 3 is 2.69 bits per heavy atom. The second kappa shape index (κ2) is 6.87. The first-order chi connectivity index (χ1) is 12.7. The van der Waals surface area contributed by atoms with E-state index in [0.717, 1.165) is 17.1 Å². The van der Waals surface area contributed by atoms with E-state index in [1.807, 2.05) is 30.3 Å². The van der Waals surface area contributed by atoms with E-state index < -0.39 is 0 Å². The summed E-state index contributed by atoms with van der Waals surface area (Å²) >= 11 is 0. The lowest BCUT2D eigenvalue weighted by molar-refractivity contribution is 0.171. The maximum Gasteiger partial charge on any atom is 0.249 e. The molecule has 0 bridgehead atoms. The summed E-state index contributed by atoms with van der Waals surface area (Å²) in [5, 5.41) is 14.5. The van der Waals surface area contributed by atoms with Gasteiger partial charge in [0.1, 0.15) is 13.2 Å². The van der Waals surface area contributed by atoms with Crippen LogP contribution in [0.3, 0.4) is 0 Å². The lowest BCUT2D eigenvalue weighted by Gasteiger charge is -2.19. The van der Waals surface area contributed by atoms with Crippen molar-refractivity contribution in [3.8, 4) is 11.5 Å². The number of nitrogens with zero attached hydrogens (tertiary/aromatic N) is 3. The third-order valence-electron chi connectivity index (χ3n) is 4.22. The van der Waals surface area contributed by atoms with E-state index >= 15 is 0 Å². The van der Waals surface area contributed by atoms with Crippen LogP contribution in [-0.2, 0) is 0 Å². The van der Waals surface area contributed by atoms with E-state index in [2.05, 4.69) is 45.7 Å². The number of hydrogen-bond donors (Lipinski definition) is 2. The second-order valence-corrected chi connectivity index (χ2v) is 6.02. The molecule has 2 aromatic carbocycles. The minimum atomic E-state index is 0.400. The number of ether oxygens (including phenoxy) is 2. The SMILES string of the molecule is Cc1cccc(Nc2cnnc(Nc3ccc4c(c3)OCCO4)n2)c1C. The van der Waals surface area contributed by atoms with Crippen molar-refractivity contribution < 1.29 is 9.47 Å². The van der Waals surface area contributed by atoms with Gasteiger partial charge in [-0.1, -0.05) is 12.1 Å². The first kappa shape index (κ1) is 16.1. The van der Waals surface area contributed by atoms with Gasteiger partial charge in [0.2, 0.25) is 5.95 Å². The molecule has 0 spiro atoms. The summed E-state index contributed by atoms with van der Waals surface area (Å²) in [5.41, 5.74) is 4.19. The van der Waals surface area contributed by atoms with Crippen molar-refractivity contribution >= 4 is 23.1 Å². The number of anilines is 4. The van der Waals surface area contributed by atoms with E-state index in [-0.39, 0.29) is 0 Å². The van der Waals surface area contributed by atoms with E-state index in [1.54, 1.807) is 6.20 Å². The lowest BCUT2D eigenvalue weighted by atomic mass is 10.1. The summed E-state index contributed by atoms with van der Waals surface area (Å²) in [6, 6.07) is 11.7. The van der Waals surface area contributed by atoms with Crippen molar-refractivity contribution in [2.45, 2.75) is 13.8 Å². The first-order valence-corrected chi connectivity index (χ1v) is 8.39. The normalized spacial score (nSPS) is 12.5. The molecule has 0 unspecified atom stereocenters. The summed E-state index contributed by atoms with van der Waals surface area (Å²) in [4.78, 5) is 4.48. The topological polar surface area (TPSA) is 81.2 Å². The largest absolute Gasteiger partial charge is 0.486 e. The Morgan fingerprint density at radius 1 is 0.962 bits per heavy atom. The van der Waals surface area contributed by atoms with Crippen LogP contribution in [0, 0.1) is 13.8 Å². The van der Waals surface area contributed by atoms with Crippen LogP contribution in [0.5, 0.6) is 11.5 Å². The number of aromatic nitrogens is 3. The molecule has 0 saturated carbocycles. The fraction of sp³-hybridized carbons (Fsp3) is 0.211. The van der Waals surface area contributed by atoms with Crippen molar-refractivity contribution in [3.63, 3.8) is 0 Å². The molecule has 0 radical (unpaired) electrons. The predicted molar refractivity (Wildman–Crippen MR) is 99.7 cm³/mol. The smallest absolute Gasteiger partial charge is 0.249 e. The molecule has 7 heteroatoms. The zero-order chi connectivity index (χ0) is 17.9. The molecule has 3 aromatic rings. The Bertz CT molecular complexity index is 945. The third-order valence-corrected chi connectivity index (χ3v) is 4.22. The molecule has 1 aliphatic heterocycles. The maximum atomic E-state index is 5.60. The molecule has 0 aliphatic carbocycles. The highest BCUT2D eigenvalue weighted by Gasteiger charge is 2.12. The van der Waals surface area contributed by atoms with Crippen molar-refractivity contribution in [1.29, 1.82) is 0 Å². The Morgan fingerprint density at radius 2 is 1.81 bits per heavy atom. The molecule has 132 valence electrons. The number of nitrogens with one attached hydrogen (secondary N) is 2. The highest BCUT2D eigenvalue weighted by molar-refractivity contribution is 5.64. The molecule has 1 aliphatic rings. The van der Waals surface area contributed by atoms with Crippen molar-refractivity contribution in [3.05, 3.63) is 53.7 Å². The maximum absolute atomic E-state index is 5.60. The first-order valence-electron chi connectivity index (χ1n) is 8.39. The van der Waals surface area contributed by atoms with E-state index in [4.69, 9.17) is 9.47 Å². The molecule has 4 rings (SSSR count). The van der Waals surface area contributed by atoms with Gasteiger partial charge >= 0.3 is 0 Å². The van der Waals surface area contributed by atoms with Gasteiger partial charge in [0.25, 0.3) is 0 Å². The Kier molecular flexibility index (Phi) is 4.27. The standard InChI is InChI=1S/C19H19N5O2/c1-12-4-3-5-15(13(12)2)22-18-11-20-24-19(23-18)21-14-6-7-16-17(10-14)26-9-8-25-16/h3-7,10-11H,8-9H2,1-2H3,(H2,21,22,23,24). The van der Waals surface area contributed by atoms with E-state index in [1.165, 1.54) is 11.1 Å². The van der Waals surface area contributed by atoms with Gasteiger partial charge in [-0.05, 0) is 43.2 Å². The van der Waals surface area contributed by atoms with Crippen LogP contribution in [-0.4, -0.2) is 28.4 Å². The lowest BCUT2D eigenvalue weighted by Crippen LogP contribution is -2.15. The van der Waals surface area contributed by atoms with Crippen LogP contribution in [0.2, 0.25) is 0 Å². The molecule has 2 heterocycles. The Hall–Kier alpha value is -3.35. The summed E-state index contributed by atoms with van der Waals surface area (Å²) in [5.74, 6) is 2.47. The average molecular weight is 349 g/mol. The molecule has 0 saturated heterocycles. The molecular weight excluding hydrogens is 330 g/mol. The van der Waals surface area contributed by atoms with Gasteiger partial charge in [0.05, 0.1) is 6.20 Å². The zero-order valence-electron chi connectivity index (χ0n) is 14.6. The van der Waals surface area contributed by atoms with E-state index in [9.17, 15) is 0 Å². The van der Waals surface area contributed by atoms with Gasteiger partial charge < -0.3 is 20.1 Å². The number of hydrogen-bond acceptors (Lipinski definition) is 7. The van der Waals surface area contributed by atoms with Gasteiger partial charge in [0, 0.05) is 17.4 Å². The van der Waals surface area contributed by atoms with Gasteiger partial charge in [-0.3, -0.25) is 0 Å². The molecule has 7 nitrogen and oxygen atoms in total. The number of fused-ring (bicyclic) bond motifs is 1. The van der Waals surface area contributed by atoms with Crippen molar-refractivity contribution in [1.82, 2.24) is 15.2 Å². The number of aryl methyl sites for hydroxylation is 1. The average Bonchev–Trinajstić information content (AvgIpc) is 2.66. The molecule has 1 aromatic heterocycles. The van der Waals surface area contributed by atoms with Crippen LogP contribution in [0.4, 0.5) is 23.1 Å². The monoisotopic (exact) mass is 349 g/mol. The van der Waals surface area contributed by atoms with Crippen LogP contribution < -0.4 is 20.1 Å². The third kappa shape index (κ3) is 3.37. The number of benzene rings is 2. The zero-order valence-corrected chi connectivity index (χ0v) is 14.6. The molecule has 0 amide bonds. The minimum Gasteiger partial charge on any atom is -0.486 e. The van der Waals surface area contributed by atoms with Crippen LogP contribution in [0.25, 0.3) is 0 Å². The molecule has 2 N–H and O–H groups in total. The molecular formula is C19H19N5O2. The van der Waals surface area contributed by atoms with Gasteiger partial charge in [-0.15, -0.1) is 5.10 Å². The van der Waals surface area contributed by atoms with Gasteiger partial charge in [-0.2, -0.15) is 10.1 Å². The Labute approximate surface area is 151 Å². The van der Waals surface area contributed by atoms with E-state index in [0.29, 0.717) is 30.7 Å². The fourth-order valence-electron chi connectivity index (χ4n) is 2.69. The summed E-state index contributed by atoms with van der Waals surface area (Å²) in [7, 11) is 0. The fourth-order valence-corrected chi connectivity index (χ4v) is 2.69. The summed E-state index contributed by atoms with van der Waals surface area (Å²) < 4.78 is 11.1. The highest BCUT2D eigenvalue weighted by atomic mass is 16.6. The predicted octanol–water partition coefficient (Wildman–Crippen LogP) is 3.75. The van der Waals surface area contributed by atoms with Gasteiger partial charge in [-0.25, -0.2) is 0 Å².